The van der Waals surface area contributed by atoms with Crippen molar-refractivity contribution in [3.63, 3.8) is 0 Å². The van der Waals surface area contributed by atoms with Gasteiger partial charge in [0, 0.05) is 23.0 Å². The molecule has 0 saturated heterocycles. The minimum absolute atomic E-state index is 0.494. The van der Waals surface area contributed by atoms with Crippen LogP contribution in [0.4, 0.5) is 0 Å². The van der Waals surface area contributed by atoms with Crippen molar-refractivity contribution in [1.29, 1.82) is 0 Å². The zero-order chi connectivity index (χ0) is 23.1. The van der Waals surface area contributed by atoms with Crippen molar-refractivity contribution in [2.24, 2.45) is 10.9 Å². The molecular weight excluding hydrogens is 392 g/mol. The fraction of sp³-hybridized carbons (Fsp3) is 0.208. The molecule has 0 saturated carbocycles. The Bertz CT molecular complexity index is 995. The molecule has 3 rings (SSSR count). The lowest BCUT2D eigenvalue weighted by atomic mass is 10.1. The Morgan fingerprint density at radius 2 is 1.87 bits per heavy atom. The van der Waals surface area contributed by atoms with Crippen LogP contribution in [0.2, 0.25) is 0 Å². The monoisotopic (exact) mass is 422 g/mol. The molecule has 4 N–H and O–H groups in total. The molecule has 0 fully saturated rings. The highest BCUT2D eigenvalue weighted by molar-refractivity contribution is 6.10. The third kappa shape index (κ3) is 7.02. The summed E-state index contributed by atoms with van der Waals surface area (Å²) in [6, 6.07) is 17.5. The molecule has 0 aliphatic heterocycles. The number of aldehydes is 1. The summed E-state index contributed by atoms with van der Waals surface area (Å²) in [6.07, 6.45) is 5.54. The van der Waals surface area contributed by atoms with Crippen molar-refractivity contribution in [2.75, 3.05) is 20.6 Å². The van der Waals surface area contributed by atoms with Gasteiger partial charge in [0.05, 0.1) is 5.69 Å². The smallest absolute Gasteiger partial charge is 0.166 e. The summed E-state index contributed by atoms with van der Waals surface area (Å²) in [5, 5.41) is 16.9. The number of carbonyl (C=O) groups excluding carboxylic acids is 2. The van der Waals surface area contributed by atoms with Gasteiger partial charge in [0.2, 0.25) is 0 Å². The normalized spacial score (nSPS) is 10.9. The number of allylic oxidation sites excluding steroid dienone is 1. The standard InChI is InChI=1S/C22H23N3O2.CH5N.CH2O/c1-23-12-5-13-25-20(16-26)15-19-10-8-17(14-22(19)25)9-11-21(24-27)18-6-3-2-4-7-18;2*1-2/h2-4,6-11,14-16,23,27H,5,12-13H2,1H3;2H2,1H3;1H2/b11-9+,24-21+;;. The molecule has 0 aliphatic carbocycles. The van der Waals surface area contributed by atoms with Gasteiger partial charge in [0.1, 0.15) is 12.5 Å². The molecule has 0 spiro atoms. The Morgan fingerprint density at radius 1 is 1.16 bits per heavy atom. The number of rotatable bonds is 8. The summed E-state index contributed by atoms with van der Waals surface area (Å²) < 4.78 is 2.05. The van der Waals surface area contributed by atoms with E-state index in [1.807, 2.05) is 68.4 Å². The summed E-state index contributed by atoms with van der Waals surface area (Å²) in [5.74, 6) is 0. The summed E-state index contributed by atoms with van der Waals surface area (Å²) in [5.41, 5.74) is 8.52. The van der Waals surface area contributed by atoms with Gasteiger partial charge in [-0.15, -0.1) is 0 Å². The molecule has 0 radical (unpaired) electrons. The molecule has 3 aromatic rings. The number of hydrogen-bond donors (Lipinski definition) is 3. The van der Waals surface area contributed by atoms with Crippen molar-refractivity contribution >= 4 is 35.8 Å². The van der Waals surface area contributed by atoms with Crippen molar-refractivity contribution in [2.45, 2.75) is 13.0 Å². The van der Waals surface area contributed by atoms with Crippen LogP contribution in [0.5, 0.6) is 0 Å². The lowest BCUT2D eigenvalue weighted by Crippen LogP contribution is -2.12. The Balaban J connectivity index is 0.00000113. The second-order valence-corrected chi connectivity index (χ2v) is 6.30. The maximum absolute atomic E-state index is 11.4. The van der Waals surface area contributed by atoms with Crippen LogP contribution in [0.1, 0.15) is 28.0 Å². The number of aryl methyl sites for hydroxylation is 1. The number of oxime groups is 1. The molecule has 0 amide bonds. The van der Waals surface area contributed by atoms with Crippen LogP contribution in [-0.2, 0) is 11.3 Å². The Morgan fingerprint density at radius 3 is 2.48 bits per heavy atom. The van der Waals surface area contributed by atoms with E-state index in [4.69, 9.17) is 4.79 Å². The summed E-state index contributed by atoms with van der Waals surface area (Å²) in [7, 11) is 3.42. The van der Waals surface area contributed by atoms with Crippen LogP contribution in [0.25, 0.3) is 17.0 Å². The minimum atomic E-state index is 0.494. The third-order valence-corrected chi connectivity index (χ3v) is 4.50. The molecule has 1 aromatic heterocycles. The Labute approximate surface area is 182 Å². The number of carbonyl (C=O) groups is 2. The van der Waals surface area contributed by atoms with Gasteiger partial charge >= 0.3 is 0 Å². The number of nitrogens with one attached hydrogen (secondary N) is 1. The lowest BCUT2D eigenvalue weighted by molar-refractivity contribution is -0.0980. The largest absolute Gasteiger partial charge is 0.410 e. The van der Waals surface area contributed by atoms with Crippen molar-refractivity contribution in [3.05, 3.63) is 77.5 Å². The fourth-order valence-electron chi connectivity index (χ4n) is 3.13. The molecule has 2 aromatic carbocycles. The maximum atomic E-state index is 11.4. The van der Waals surface area contributed by atoms with Gasteiger partial charge in [-0.1, -0.05) is 53.7 Å². The van der Waals surface area contributed by atoms with Crippen molar-refractivity contribution in [1.82, 2.24) is 9.88 Å². The number of fused-ring (bicyclic) bond motifs is 1. The van der Waals surface area contributed by atoms with Gasteiger partial charge in [0.25, 0.3) is 0 Å². The van der Waals surface area contributed by atoms with Crippen LogP contribution >= 0.6 is 0 Å². The zero-order valence-corrected chi connectivity index (χ0v) is 18.0. The van der Waals surface area contributed by atoms with Crippen LogP contribution in [0, 0.1) is 0 Å². The van der Waals surface area contributed by atoms with Gasteiger partial charge in [-0.2, -0.15) is 0 Å². The molecule has 0 bridgehead atoms. The Hall–Kier alpha value is -3.55. The lowest BCUT2D eigenvalue weighted by Gasteiger charge is -2.08. The maximum Gasteiger partial charge on any atom is 0.166 e. The molecule has 31 heavy (non-hydrogen) atoms. The average molecular weight is 423 g/mol. The van der Waals surface area contributed by atoms with E-state index >= 15 is 0 Å². The predicted octanol–water partition coefficient (Wildman–Crippen LogP) is 3.35. The fourth-order valence-corrected chi connectivity index (χ4v) is 3.13. The van der Waals surface area contributed by atoms with Gasteiger partial charge in [-0.05, 0) is 50.8 Å². The number of aromatic nitrogens is 1. The Kier molecular flexibility index (Phi) is 11.9. The van der Waals surface area contributed by atoms with E-state index in [-0.39, 0.29) is 0 Å². The van der Waals surface area contributed by atoms with Gasteiger partial charge in [-0.25, -0.2) is 0 Å². The van der Waals surface area contributed by atoms with E-state index in [2.05, 4.69) is 26.8 Å². The topological polar surface area (TPSA) is 110 Å². The number of nitrogens with zero attached hydrogens (tertiary/aromatic N) is 2. The first-order valence-corrected chi connectivity index (χ1v) is 9.82. The highest BCUT2D eigenvalue weighted by Crippen LogP contribution is 2.22. The second kappa shape index (κ2) is 14.4. The molecular formula is C24H30N4O3. The third-order valence-electron chi connectivity index (χ3n) is 4.50. The molecule has 0 unspecified atom stereocenters. The SMILES string of the molecule is C=O.CN.CNCCCn1c(C=O)cc2ccc(/C=C/C(=N\O)c3ccccc3)cc21. The molecule has 0 atom stereocenters. The van der Waals surface area contributed by atoms with Crippen LogP contribution in [0.3, 0.4) is 0 Å². The molecule has 1 heterocycles. The van der Waals surface area contributed by atoms with Crippen LogP contribution < -0.4 is 11.1 Å². The molecule has 7 heteroatoms. The number of benzene rings is 2. The van der Waals surface area contributed by atoms with Gasteiger partial charge in [-0.3, -0.25) is 4.79 Å². The van der Waals surface area contributed by atoms with E-state index in [0.717, 1.165) is 47.8 Å². The first-order chi connectivity index (χ1) is 15.3. The van der Waals surface area contributed by atoms with Crippen molar-refractivity contribution in [3.8, 4) is 0 Å². The first kappa shape index (κ1) is 25.5. The number of nitrogens with two attached hydrogens (primary N) is 1. The van der Waals surface area contributed by atoms with Crippen LogP contribution in [-0.4, -0.2) is 49.2 Å². The number of hydrogen-bond acceptors (Lipinski definition) is 6. The highest BCUT2D eigenvalue weighted by atomic mass is 16.4. The minimum Gasteiger partial charge on any atom is -0.410 e. The van der Waals surface area contributed by atoms with E-state index in [1.54, 1.807) is 6.08 Å². The average Bonchev–Trinajstić information content (AvgIpc) is 3.20. The molecule has 0 aliphatic rings. The molecule has 164 valence electrons. The van der Waals surface area contributed by atoms with E-state index < -0.39 is 0 Å². The predicted molar refractivity (Wildman–Crippen MR) is 127 cm³/mol. The quantitative estimate of drug-likeness (QED) is 0.170. The highest BCUT2D eigenvalue weighted by Gasteiger charge is 2.08. The van der Waals surface area contributed by atoms with Crippen molar-refractivity contribution < 1.29 is 14.8 Å². The first-order valence-electron chi connectivity index (χ1n) is 9.82. The van der Waals surface area contributed by atoms with E-state index in [9.17, 15) is 10.0 Å². The zero-order valence-electron chi connectivity index (χ0n) is 18.0. The second-order valence-electron chi connectivity index (χ2n) is 6.30. The van der Waals surface area contributed by atoms with E-state index in [0.29, 0.717) is 11.4 Å². The van der Waals surface area contributed by atoms with Crippen LogP contribution in [0.15, 0.2) is 65.8 Å². The summed E-state index contributed by atoms with van der Waals surface area (Å²) >= 11 is 0. The summed E-state index contributed by atoms with van der Waals surface area (Å²) in [4.78, 5) is 19.4. The van der Waals surface area contributed by atoms with Gasteiger partial charge < -0.3 is 25.6 Å². The van der Waals surface area contributed by atoms with Gasteiger partial charge in [0.15, 0.2) is 6.29 Å². The van der Waals surface area contributed by atoms with E-state index in [1.165, 1.54) is 7.05 Å². The summed E-state index contributed by atoms with van der Waals surface area (Å²) in [6.45, 7) is 3.67. The molecule has 7 nitrogen and oxygen atoms in total.